The molecule has 0 atom stereocenters. The summed E-state index contributed by atoms with van der Waals surface area (Å²) >= 11 is 0. The summed E-state index contributed by atoms with van der Waals surface area (Å²) in [6.45, 7) is 0. The summed E-state index contributed by atoms with van der Waals surface area (Å²) in [5.41, 5.74) is 0.532. The van der Waals surface area contributed by atoms with Gasteiger partial charge in [-0.05, 0) is 6.07 Å². The highest BCUT2D eigenvalue weighted by Gasteiger charge is 2.31. The molecule has 0 unspecified atom stereocenters. The van der Waals surface area contributed by atoms with Gasteiger partial charge < -0.3 is 9.30 Å². The summed E-state index contributed by atoms with van der Waals surface area (Å²) in [6.07, 6.45) is 1.63. The summed E-state index contributed by atoms with van der Waals surface area (Å²) in [6, 6.07) is 22.4. The Kier molecular flexibility index (Phi) is 4.08. The monoisotopic (exact) mass is 309 g/mol. The molecule has 0 amide bonds. The number of pyridine rings is 1. The number of methoxy groups -OCH3 is 1. The van der Waals surface area contributed by atoms with E-state index in [0.29, 0.717) is 11.2 Å². The molecular formula is C18H16NO2P. The lowest BCUT2D eigenvalue weighted by Gasteiger charge is -2.19. The van der Waals surface area contributed by atoms with Crippen LogP contribution in [-0.2, 0) is 4.57 Å². The minimum Gasteiger partial charge on any atom is -0.497 e. The van der Waals surface area contributed by atoms with Gasteiger partial charge in [0, 0.05) is 22.9 Å². The van der Waals surface area contributed by atoms with E-state index in [9.17, 15) is 4.57 Å². The molecule has 0 N–H and O–H groups in total. The van der Waals surface area contributed by atoms with E-state index >= 15 is 0 Å². The van der Waals surface area contributed by atoms with E-state index in [1.807, 2.05) is 60.7 Å². The molecular weight excluding hydrogens is 293 g/mol. The summed E-state index contributed by atoms with van der Waals surface area (Å²) in [5.74, 6) is 0.650. The quantitative estimate of drug-likeness (QED) is 0.696. The van der Waals surface area contributed by atoms with Crippen molar-refractivity contribution in [1.29, 1.82) is 0 Å². The zero-order valence-corrected chi connectivity index (χ0v) is 13.1. The number of benzene rings is 2. The van der Waals surface area contributed by atoms with Gasteiger partial charge in [-0.15, -0.1) is 0 Å². The van der Waals surface area contributed by atoms with E-state index in [4.69, 9.17) is 4.74 Å². The Bertz CT molecular complexity index is 760. The first kappa shape index (κ1) is 14.6. The molecule has 0 saturated carbocycles. The van der Waals surface area contributed by atoms with E-state index in [1.165, 1.54) is 0 Å². The van der Waals surface area contributed by atoms with Crippen LogP contribution in [0.2, 0.25) is 0 Å². The molecule has 0 aliphatic heterocycles. The van der Waals surface area contributed by atoms with Gasteiger partial charge in [0.2, 0.25) is 0 Å². The standard InChI is InChI=1S/C18H16NO2P/c1-21-15-12-13-19-18(14-15)22(20,16-8-4-2-5-9-16)17-10-6-3-7-11-17/h2-14H,1H3. The van der Waals surface area contributed by atoms with Crippen LogP contribution in [0.25, 0.3) is 0 Å². The van der Waals surface area contributed by atoms with Gasteiger partial charge in [0.15, 0.2) is 7.14 Å². The number of ether oxygens (including phenoxy) is 1. The van der Waals surface area contributed by atoms with Crippen LogP contribution in [0.4, 0.5) is 0 Å². The fourth-order valence-electron chi connectivity index (χ4n) is 2.39. The molecule has 110 valence electrons. The summed E-state index contributed by atoms with van der Waals surface area (Å²) < 4.78 is 19.2. The molecule has 0 radical (unpaired) electrons. The van der Waals surface area contributed by atoms with Crippen LogP contribution in [0.5, 0.6) is 5.75 Å². The molecule has 0 spiro atoms. The van der Waals surface area contributed by atoms with E-state index in [2.05, 4.69) is 4.98 Å². The van der Waals surface area contributed by atoms with Crippen LogP contribution >= 0.6 is 7.14 Å². The third-order valence-corrected chi connectivity index (χ3v) is 6.46. The van der Waals surface area contributed by atoms with Crippen molar-refractivity contribution in [3.8, 4) is 5.75 Å². The zero-order valence-electron chi connectivity index (χ0n) is 12.2. The van der Waals surface area contributed by atoms with E-state index in [0.717, 1.165) is 10.6 Å². The highest BCUT2D eigenvalue weighted by molar-refractivity contribution is 7.85. The second-order valence-corrected chi connectivity index (χ2v) is 7.54. The third kappa shape index (κ3) is 2.56. The van der Waals surface area contributed by atoms with Crippen LogP contribution < -0.4 is 20.8 Å². The fourth-order valence-corrected chi connectivity index (χ4v) is 4.94. The molecule has 3 aromatic rings. The van der Waals surface area contributed by atoms with Crippen LogP contribution in [0.3, 0.4) is 0 Å². The Morgan fingerprint density at radius 1 is 0.864 bits per heavy atom. The van der Waals surface area contributed by atoms with Gasteiger partial charge in [0.05, 0.1) is 7.11 Å². The number of hydrogen-bond acceptors (Lipinski definition) is 3. The molecule has 22 heavy (non-hydrogen) atoms. The van der Waals surface area contributed by atoms with Crippen LogP contribution in [-0.4, -0.2) is 12.1 Å². The summed E-state index contributed by atoms with van der Waals surface area (Å²) in [5, 5.41) is 1.53. The Labute approximate surface area is 130 Å². The molecule has 0 aliphatic rings. The van der Waals surface area contributed by atoms with Gasteiger partial charge in [-0.1, -0.05) is 60.7 Å². The Balaban J connectivity index is 2.26. The van der Waals surface area contributed by atoms with E-state index in [-0.39, 0.29) is 0 Å². The Morgan fingerprint density at radius 3 is 1.91 bits per heavy atom. The molecule has 3 nitrogen and oxygen atoms in total. The molecule has 2 aromatic carbocycles. The minimum atomic E-state index is -3.01. The first-order chi connectivity index (χ1) is 10.7. The maximum atomic E-state index is 14.0. The second-order valence-electron chi connectivity index (χ2n) is 4.83. The molecule has 0 saturated heterocycles. The average molecular weight is 309 g/mol. The predicted octanol–water partition coefficient (Wildman–Crippen LogP) is 2.73. The molecule has 1 aromatic heterocycles. The van der Waals surface area contributed by atoms with Crippen LogP contribution in [0.1, 0.15) is 0 Å². The van der Waals surface area contributed by atoms with Crippen molar-refractivity contribution in [1.82, 2.24) is 4.98 Å². The van der Waals surface area contributed by atoms with E-state index < -0.39 is 7.14 Å². The largest absolute Gasteiger partial charge is 0.497 e. The van der Waals surface area contributed by atoms with E-state index in [1.54, 1.807) is 25.4 Å². The van der Waals surface area contributed by atoms with Gasteiger partial charge >= 0.3 is 0 Å². The summed E-state index contributed by atoms with van der Waals surface area (Å²) in [4.78, 5) is 4.37. The van der Waals surface area contributed by atoms with Gasteiger partial charge in [0.25, 0.3) is 0 Å². The highest BCUT2D eigenvalue weighted by Crippen LogP contribution is 2.41. The van der Waals surface area contributed by atoms with Crippen LogP contribution in [0.15, 0.2) is 79.0 Å². The van der Waals surface area contributed by atoms with Crippen molar-refractivity contribution in [3.05, 3.63) is 79.0 Å². The summed E-state index contributed by atoms with van der Waals surface area (Å²) in [7, 11) is -1.42. The van der Waals surface area contributed by atoms with Crippen molar-refractivity contribution in [2.24, 2.45) is 0 Å². The number of hydrogen-bond donors (Lipinski definition) is 0. The topological polar surface area (TPSA) is 39.2 Å². The normalized spacial score (nSPS) is 11.1. The van der Waals surface area contributed by atoms with Crippen molar-refractivity contribution in [2.45, 2.75) is 0 Å². The number of rotatable bonds is 4. The van der Waals surface area contributed by atoms with Gasteiger partial charge in [-0.25, -0.2) is 0 Å². The number of nitrogens with zero attached hydrogens (tertiary/aromatic N) is 1. The third-order valence-electron chi connectivity index (χ3n) is 3.51. The lowest BCUT2D eigenvalue weighted by atomic mass is 10.4. The van der Waals surface area contributed by atoms with Crippen molar-refractivity contribution in [3.63, 3.8) is 0 Å². The average Bonchev–Trinajstić information content (AvgIpc) is 2.62. The molecule has 0 bridgehead atoms. The number of aromatic nitrogens is 1. The van der Waals surface area contributed by atoms with Gasteiger partial charge in [-0.2, -0.15) is 0 Å². The Hall–Kier alpha value is -2.38. The maximum Gasteiger partial charge on any atom is 0.188 e. The SMILES string of the molecule is COc1ccnc(P(=O)(c2ccccc2)c2ccccc2)c1. The fraction of sp³-hybridized carbons (Fsp3) is 0.0556. The Morgan fingerprint density at radius 2 is 1.41 bits per heavy atom. The smallest absolute Gasteiger partial charge is 0.188 e. The van der Waals surface area contributed by atoms with Gasteiger partial charge in [-0.3, -0.25) is 4.98 Å². The lowest BCUT2D eigenvalue weighted by molar-refractivity contribution is 0.414. The molecule has 3 rings (SSSR count). The predicted molar refractivity (Wildman–Crippen MR) is 90.2 cm³/mol. The van der Waals surface area contributed by atoms with Crippen molar-refractivity contribution < 1.29 is 9.30 Å². The highest BCUT2D eigenvalue weighted by atomic mass is 31.2. The maximum absolute atomic E-state index is 14.0. The second kappa shape index (κ2) is 6.17. The molecule has 0 aliphatic carbocycles. The lowest BCUT2D eigenvalue weighted by Crippen LogP contribution is -2.26. The van der Waals surface area contributed by atoms with Crippen LogP contribution in [0, 0.1) is 0 Å². The minimum absolute atomic E-state index is 0.532. The molecule has 4 heteroatoms. The molecule has 0 fully saturated rings. The first-order valence-electron chi connectivity index (χ1n) is 6.97. The van der Waals surface area contributed by atoms with Gasteiger partial charge in [0.1, 0.15) is 11.2 Å². The molecule has 1 heterocycles. The van der Waals surface area contributed by atoms with Crippen molar-refractivity contribution in [2.75, 3.05) is 7.11 Å². The zero-order chi connectivity index (χ0) is 15.4. The first-order valence-corrected chi connectivity index (χ1v) is 8.68. The van der Waals surface area contributed by atoms with Crippen molar-refractivity contribution >= 4 is 23.2 Å².